The minimum Gasteiger partial charge on any atom is -0.493 e. The van der Waals surface area contributed by atoms with Crippen molar-refractivity contribution in [3.63, 3.8) is 0 Å². The van der Waals surface area contributed by atoms with Gasteiger partial charge in [-0.2, -0.15) is 0 Å². The van der Waals surface area contributed by atoms with Crippen molar-refractivity contribution in [3.8, 4) is 5.75 Å². The molecule has 0 aliphatic heterocycles. The smallest absolute Gasteiger partial charge is 0.255 e. The molecule has 0 spiro atoms. The summed E-state index contributed by atoms with van der Waals surface area (Å²) in [7, 11) is 0. The van der Waals surface area contributed by atoms with Crippen LogP contribution in [0.1, 0.15) is 47.4 Å². The van der Waals surface area contributed by atoms with Crippen LogP contribution in [0.3, 0.4) is 0 Å². The topological polar surface area (TPSA) is 67.4 Å². The Kier molecular flexibility index (Phi) is 5.56. The molecule has 5 heteroatoms. The number of hydrogen-bond acceptors (Lipinski definition) is 3. The molecule has 5 nitrogen and oxygen atoms in total. The van der Waals surface area contributed by atoms with Crippen LogP contribution in [0.5, 0.6) is 5.75 Å². The number of carbonyl (C=O) groups excluding carboxylic acids is 2. The first-order valence-corrected chi connectivity index (χ1v) is 8.96. The SMILES string of the molecule is CC(C)COc1cccc(C(=O)Nc2ccc(C(=O)NC3CC3)cc2)c1. The zero-order chi connectivity index (χ0) is 18.5. The first-order chi connectivity index (χ1) is 12.5. The van der Waals surface area contributed by atoms with Crippen molar-refractivity contribution in [2.24, 2.45) is 5.92 Å². The molecule has 0 unspecified atom stereocenters. The van der Waals surface area contributed by atoms with Gasteiger partial charge in [-0.3, -0.25) is 9.59 Å². The summed E-state index contributed by atoms with van der Waals surface area (Å²) in [5.41, 5.74) is 1.77. The minimum atomic E-state index is -0.213. The highest BCUT2D eigenvalue weighted by Gasteiger charge is 2.23. The van der Waals surface area contributed by atoms with E-state index in [4.69, 9.17) is 4.74 Å². The third-order valence-electron chi connectivity index (χ3n) is 4.00. The first kappa shape index (κ1) is 18.0. The number of ether oxygens (including phenoxy) is 1. The number of carbonyl (C=O) groups is 2. The van der Waals surface area contributed by atoms with Crippen LogP contribution in [0.2, 0.25) is 0 Å². The maximum absolute atomic E-state index is 12.4. The van der Waals surface area contributed by atoms with Crippen LogP contribution in [0.15, 0.2) is 48.5 Å². The Morgan fingerprint density at radius 2 is 1.77 bits per heavy atom. The van der Waals surface area contributed by atoms with Crippen LogP contribution in [0.25, 0.3) is 0 Å². The summed E-state index contributed by atoms with van der Waals surface area (Å²) in [6.07, 6.45) is 2.11. The Morgan fingerprint density at radius 1 is 1.04 bits per heavy atom. The fourth-order valence-electron chi connectivity index (χ4n) is 2.39. The highest BCUT2D eigenvalue weighted by atomic mass is 16.5. The van der Waals surface area contributed by atoms with Gasteiger partial charge in [0.25, 0.3) is 11.8 Å². The van der Waals surface area contributed by atoms with Crippen molar-refractivity contribution in [2.75, 3.05) is 11.9 Å². The number of anilines is 1. The molecule has 2 N–H and O–H groups in total. The predicted octanol–water partition coefficient (Wildman–Crippen LogP) is 3.87. The second kappa shape index (κ2) is 8.04. The van der Waals surface area contributed by atoms with Gasteiger partial charge < -0.3 is 15.4 Å². The van der Waals surface area contributed by atoms with Gasteiger partial charge in [0, 0.05) is 22.9 Å². The van der Waals surface area contributed by atoms with Crippen LogP contribution in [0.4, 0.5) is 5.69 Å². The molecule has 0 atom stereocenters. The molecule has 136 valence electrons. The molecule has 0 heterocycles. The average molecular weight is 352 g/mol. The summed E-state index contributed by atoms with van der Waals surface area (Å²) in [5, 5.41) is 5.79. The molecule has 0 saturated heterocycles. The molecule has 0 radical (unpaired) electrons. The molecule has 1 aliphatic carbocycles. The number of benzene rings is 2. The van der Waals surface area contributed by atoms with E-state index in [1.807, 2.05) is 6.07 Å². The van der Waals surface area contributed by atoms with Gasteiger partial charge in [0.1, 0.15) is 5.75 Å². The van der Waals surface area contributed by atoms with Crippen molar-refractivity contribution in [2.45, 2.75) is 32.7 Å². The Bertz CT molecular complexity index is 780. The lowest BCUT2D eigenvalue weighted by molar-refractivity contribution is 0.0950. The van der Waals surface area contributed by atoms with Crippen LogP contribution >= 0.6 is 0 Å². The summed E-state index contributed by atoms with van der Waals surface area (Å²) in [4.78, 5) is 24.4. The molecule has 2 aromatic carbocycles. The molecule has 26 heavy (non-hydrogen) atoms. The molecule has 3 rings (SSSR count). The van der Waals surface area contributed by atoms with Crippen molar-refractivity contribution in [1.29, 1.82) is 0 Å². The van der Waals surface area contributed by atoms with E-state index < -0.39 is 0 Å². The third-order valence-corrected chi connectivity index (χ3v) is 4.00. The summed E-state index contributed by atoms with van der Waals surface area (Å²) < 4.78 is 5.66. The lowest BCUT2D eigenvalue weighted by atomic mass is 10.1. The number of rotatable bonds is 7. The van der Waals surface area contributed by atoms with Crippen LogP contribution in [-0.4, -0.2) is 24.5 Å². The Hall–Kier alpha value is -2.82. The highest BCUT2D eigenvalue weighted by Crippen LogP contribution is 2.20. The van der Waals surface area contributed by atoms with E-state index in [0.717, 1.165) is 12.8 Å². The van der Waals surface area contributed by atoms with Gasteiger partial charge in [0.15, 0.2) is 0 Å². The van der Waals surface area contributed by atoms with Gasteiger partial charge in [-0.05, 0) is 61.2 Å². The van der Waals surface area contributed by atoms with Gasteiger partial charge >= 0.3 is 0 Å². The highest BCUT2D eigenvalue weighted by molar-refractivity contribution is 6.04. The Labute approximate surface area is 153 Å². The van der Waals surface area contributed by atoms with Crippen molar-refractivity contribution in [3.05, 3.63) is 59.7 Å². The predicted molar refractivity (Wildman–Crippen MR) is 102 cm³/mol. The first-order valence-electron chi connectivity index (χ1n) is 8.96. The number of hydrogen-bond donors (Lipinski definition) is 2. The Morgan fingerprint density at radius 3 is 2.42 bits per heavy atom. The molecule has 2 aromatic rings. The lowest BCUT2D eigenvalue weighted by Crippen LogP contribution is -2.25. The largest absolute Gasteiger partial charge is 0.493 e. The second-order valence-electron chi connectivity index (χ2n) is 7.01. The summed E-state index contributed by atoms with van der Waals surface area (Å²) >= 11 is 0. The quantitative estimate of drug-likeness (QED) is 0.795. The van der Waals surface area contributed by atoms with Gasteiger partial charge in [0.2, 0.25) is 0 Å². The summed E-state index contributed by atoms with van der Waals surface area (Å²) in [6.45, 7) is 4.76. The molecule has 0 bridgehead atoms. The molecular formula is C21H24N2O3. The van der Waals surface area contributed by atoms with Crippen molar-refractivity contribution < 1.29 is 14.3 Å². The fraction of sp³-hybridized carbons (Fsp3) is 0.333. The monoisotopic (exact) mass is 352 g/mol. The zero-order valence-electron chi connectivity index (χ0n) is 15.1. The summed E-state index contributed by atoms with van der Waals surface area (Å²) in [6, 6.07) is 14.3. The van der Waals surface area contributed by atoms with E-state index in [1.165, 1.54) is 0 Å². The van der Waals surface area contributed by atoms with E-state index in [9.17, 15) is 9.59 Å². The van der Waals surface area contributed by atoms with Crippen molar-refractivity contribution >= 4 is 17.5 Å². The van der Waals surface area contributed by atoms with Gasteiger partial charge in [-0.15, -0.1) is 0 Å². The van der Waals surface area contributed by atoms with Crippen LogP contribution in [-0.2, 0) is 0 Å². The molecule has 0 aromatic heterocycles. The van der Waals surface area contributed by atoms with Gasteiger partial charge in [-0.1, -0.05) is 19.9 Å². The number of nitrogens with one attached hydrogen (secondary N) is 2. The Balaban J connectivity index is 1.60. The van der Waals surface area contributed by atoms with Gasteiger partial charge in [0.05, 0.1) is 6.61 Å². The molecule has 1 aliphatic rings. The maximum Gasteiger partial charge on any atom is 0.255 e. The van der Waals surface area contributed by atoms with E-state index in [1.54, 1.807) is 42.5 Å². The molecule has 1 fully saturated rings. The van der Waals surface area contributed by atoms with E-state index in [0.29, 0.717) is 41.1 Å². The maximum atomic E-state index is 12.4. The average Bonchev–Trinajstić information content (AvgIpc) is 3.44. The molecular weight excluding hydrogens is 328 g/mol. The van der Waals surface area contributed by atoms with Crippen LogP contribution < -0.4 is 15.4 Å². The zero-order valence-corrected chi connectivity index (χ0v) is 15.1. The van der Waals surface area contributed by atoms with E-state index in [2.05, 4.69) is 24.5 Å². The third kappa shape index (κ3) is 5.09. The van der Waals surface area contributed by atoms with Gasteiger partial charge in [-0.25, -0.2) is 0 Å². The van der Waals surface area contributed by atoms with Crippen molar-refractivity contribution in [1.82, 2.24) is 5.32 Å². The summed E-state index contributed by atoms with van der Waals surface area (Å²) in [5.74, 6) is 0.817. The molecule has 1 saturated carbocycles. The normalized spacial score (nSPS) is 13.3. The molecule has 2 amide bonds. The van der Waals surface area contributed by atoms with E-state index in [-0.39, 0.29) is 11.8 Å². The van der Waals surface area contributed by atoms with E-state index >= 15 is 0 Å². The minimum absolute atomic E-state index is 0.0691. The fourth-order valence-corrected chi connectivity index (χ4v) is 2.39. The lowest BCUT2D eigenvalue weighted by Gasteiger charge is -2.10. The van der Waals surface area contributed by atoms with Crippen LogP contribution in [0, 0.1) is 5.92 Å². The number of amides is 2. The second-order valence-corrected chi connectivity index (χ2v) is 7.01. The standard InChI is InChI=1S/C21H24N2O3/c1-14(2)13-26-19-5-3-4-16(12-19)21(25)23-17-8-6-15(7-9-17)20(24)22-18-10-11-18/h3-9,12,14,18H,10-11,13H2,1-2H3,(H,22,24)(H,23,25).